The van der Waals surface area contributed by atoms with Crippen molar-refractivity contribution in [2.75, 3.05) is 7.11 Å². The molecule has 128 valence electrons. The van der Waals surface area contributed by atoms with Crippen molar-refractivity contribution in [3.63, 3.8) is 0 Å². The van der Waals surface area contributed by atoms with Gasteiger partial charge in [-0.05, 0) is 42.0 Å². The predicted octanol–water partition coefficient (Wildman–Crippen LogP) is 2.74. The number of ether oxygens (including phenoxy) is 1. The molecule has 3 aromatic rings. The van der Waals surface area contributed by atoms with Crippen molar-refractivity contribution in [2.24, 2.45) is 0 Å². The van der Waals surface area contributed by atoms with Crippen molar-refractivity contribution < 1.29 is 18.4 Å². The van der Waals surface area contributed by atoms with Crippen LogP contribution >= 0.6 is 0 Å². The third kappa shape index (κ3) is 4.41. The first-order valence-electron chi connectivity index (χ1n) is 7.62. The average molecular weight is 341 g/mol. The summed E-state index contributed by atoms with van der Waals surface area (Å²) in [5.41, 5.74) is 1.51. The highest BCUT2D eigenvalue weighted by Gasteiger charge is 2.10. The summed E-state index contributed by atoms with van der Waals surface area (Å²) in [5.74, 6) is 0.870. The molecule has 0 aliphatic rings. The molecule has 0 fully saturated rings. The van der Waals surface area contributed by atoms with Gasteiger partial charge in [0.1, 0.15) is 11.6 Å². The Balaban J connectivity index is 1.54. The predicted molar refractivity (Wildman–Crippen MR) is 88.2 cm³/mol. The van der Waals surface area contributed by atoms with Crippen LogP contribution in [-0.4, -0.2) is 23.2 Å². The van der Waals surface area contributed by atoms with Crippen molar-refractivity contribution in [1.82, 2.24) is 15.5 Å². The fourth-order valence-corrected chi connectivity index (χ4v) is 2.21. The lowest BCUT2D eigenvalue weighted by Crippen LogP contribution is -2.24. The van der Waals surface area contributed by atoms with Crippen LogP contribution in [0.25, 0.3) is 11.4 Å². The molecule has 0 unspecified atom stereocenters. The molecule has 25 heavy (non-hydrogen) atoms. The second-order valence-corrected chi connectivity index (χ2v) is 5.32. The highest BCUT2D eigenvalue weighted by Crippen LogP contribution is 2.16. The maximum absolute atomic E-state index is 12.9. The molecule has 3 rings (SSSR count). The number of amides is 1. The lowest BCUT2D eigenvalue weighted by Gasteiger charge is -2.04. The van der Waals surface area contributed by atoms with Crippen LogP contribution in [0.2, 0.25) is 0 Å². The molecule has 0 spiro atoms. The first-order valence-corrected chi connectivity index (χ1v) is 7.62. The Kier molecular flexibility index (Phi) is 5.03. The second-order valence-electron chi connectivity index (χ2n) is 5.32. The summed E-state index contributed by atoms with van der Waals surface area (Å²) in [5, 5.41) is 6.55. The molecule has 6 nitrogen and oxygen atoms in total. The van der Waals surface area contributed by atoms with Crippen molar-refractivity contribution in [3.8, 4) is 17.1 Å². The molecular formula is C18H16FN3O3. The number of hydrogen-bond donors (Lipinski definition) is 1. The van der Waals surface area contributed by atoms with Gasteiger partial charge >= 0.3 is 0 Å². The zero-order valence-electron chi connectivity index (χ0n) is 13.5. The lowest BCUT2D eigenvalue weighted by molar-refractivity contribution is -0.120. The van der Waals surface area contributed by atoms with Crippen LogP contribution in [0.1, 0.15) is 11.5 Å². The number of hydrogen-bond acceptors (Lipinski definition) is 5. The highest BCUT2D eigenvalue weighted by molar-refractivity contribution is 5.78. The van der Waals surface area contributed by atoms with Gasteiger partial charge in [-0.2, -0.15) is 4.98 Å². The van der Waals surface area contributed by atoms with Gasteiger partial charge in [-0.15, -0.1) is 0 Å². The number of carbonyl (C=O) groups excluding carboxylic acids is 1. The summed E-state index contributed by atoms with van der Waals surface area (Å²) >= 11 is 0. The van der Waals surface area contributed by atoms with Gasteiger partial charge in [0.25, 0.3) is 0 Å². The summed E-state index contributed by atoms with van der Waals surface area (Å²) in [6.45, 7) is 0.128. The van der Waals surface area contributed by atoms with Gasteiger partial charge in [0.2, 0.25) is 17.6 Å². The summed E-state index contributed by atoms with van der Waals surface area (Å²) in [7, 11) is 1.59. The van der Waals surface area contributed by atoms with E-state index in [1.54, 1.807) is 31.4 Å². The van der Waals surface area contributed by atoms with Crippen LogP contribution in [0.5, 0.6) is 5.75 Å². The van der Waals surface area contributed by atoms with Crippen LogP contribution in [0, 0.1) is 5.82 Å². The summed E-state index contributed by atoms with van der Waals surface area (Å²) in [6, 6.07) is 13.0. The molecule has 0 bridgehead atoms. The molecule has 1 amide bonds. The Labute approximate surface area is 143 Å². The van der Waals surface area contributed by atoms with Crippen molar-refractivity contribution >= 4 is 5.91 Å². The first-order chi connectivity index (χ1) is 12.1. The zero-order chi connectivity index (χ0) is 17.6. The van der Waals surface area contributed by atoms with E-state index >= 15 is 0 Å². The maximum Gasteiger partial charge on any atom is 0.246 e. The Bertz CT molecular complexity index is 845. The lowest BCUT2D eigenvalue weighted by atomic mass is 10.1. The summed E-state index contributed by atoms with van der Waals surface area (Å²) < 4.78 is 23.1. The minimum absolute atomic E-state index is 0.128. The topological polar surface area (TPSA) is 77.2 Å². The van der Waals surface area contributed by atoms with Crippen LogP contribution in [0.3, 0.4) is 0 Å². The summed E-state index contributed by atoms with van der Waals surface area (Å²) in [6.07, 6.45) is 0.239. The van der Waals surface area contributed by atoms with Crippen molar-refractivity contribution in [3.05, 3.63) is 65.8 Å². The second kappa shape index (κ2) is 7.57. The molecule has 1 aromatic heterocycles. The average Bonchev–Trinajstić information content (AvgIpc) is 3.10. The van der Waals surface area contributed by atoms with Crippen LogP contribution < -0.4 is 10.1 Å². The van der Waals surface area contributed by atoms with Gasteiger partial charge in [0.15, 0.2) is 0 Å². The molecule has 0 atom stereocenters. The number of methoxy groups -OCH3 is 1. The largest absolute Gasteiger partial charge is 0.497 e. The van der Waals surface area contributed by atoms with E-state index < -0.39 is 0 Å². The normalized spacial score (nSPS) is 10.5. The third-order valence-corrected chi connectivity index (χ3v) is 3.53. The van der Waals surface area contributed by atoms with E-state index in [9.17, 15) is 9.18 Å². The Morgan fingerprint density at radius 2 is 1.88 bits per heavy atom. The quantitative estimate of drug-likeness (QED) is 0.746. The minimum Gasteiger partial charge on any atom is -0.497 e. The van der Waals surface area contributed by atoms with Gasteiger partial charge < -0.3 is 14.6 Å². The van der Waals surface area contributed by atoms with Gasteiger partial charge in [-0.1, -0.05) is 17.3 Å². The first kappa shape index (κ1) is 16.6. The SMILES string of the molecule is COc1ccc(CC(=O)NCc2nc(-c3ccc(F)cc3)no2)cc1. The third-order valence-electron chi connectivity index (χ3n) is 3.53. The van der Waals surface area contributed by atoms with Crippen molar-refractivity contribution in [1.29, 1.82) is 0 Å². The van der Waals surface area contributed by atoms with E-state index in [0.717, 1.165) is 11.3 Å². The maximum atomic E-state index is 12.9. The standard InChI is InChI=1S/C18H16FN3O3/c1-24-15-8-2-12(3-9-15)10-16(23)20-11-17-21-18(22-25-17)13-4-6-14(19)7-5-13/h2-9H,10-11H2,1H3,(H,20,23). The molecule has 7 heteroatoms. The van der Waals surface area contributed by atoms with Gasteiger partial charge in [0.05, 0.1) is 20.1 Å². The Morgan fingerprint density at radius 3 is 2.56 bits per heavy atom. The molecule has 0 saturated heterocycles. The van der Waals surface area contributed by atoms with E-state index in [2.05, 4.69) is 15.5 Å². The van der Waals surface area contributed by atoms with Crippen LogP contribution in [0.15, 0.2) is 53.1 Å². The fraction of sp³-hybridized carbons (Fsp3) is 0.167. The number of aromatic nitrogens is 2. The minimum atomic E-state index is -0.335. The molecule has 0 radical (unpaired) electrons. The molecule has 2 aromatic carbocycles. The number of carbonyl (C=O) groups is 1. The fourth-order valence-electron chi connectivity index (χ4n) is 2.21. The van der Waals surface area contributed by atoms with Crippen LogP contribution in [0.4, 0.5) is 4.39 Å². The van der Waals surface area contributed by atoms with Crippen LogP contribution in [-0.2, 0) is 17.8 Å². The number of halogens is 1. The van der Waals surface area contributed by atoms with E-state index in [-0.39, 0.29) is 30.6 Å². The van der Waals surface area contributed by atoms with E-state index in [1.807, 2.05) is 12.1 Å². The Morgan fingerprint density at radius 1 is 1.16 bits per heavy atom. The molecule has 1 N–H and O–H groups in total. The zero-order valence-corrected chi connectivity index (χ0v) is 13.5. The smallest absolute Gasteiger partial charge is 0.246 e. The number of nitrogens with zero attached hydrogens (tertiary/aromatic N) is 2. The van der Waals surface area contributed by atoms with E-state index in [1.165, 1.54) is 12.1 Å². The van der Waals surface area contributed by atoms with Crippen molar-refractivity contribution in [2.45, 2.75) is 13.0 Å². The van der Waals surface area contributed by atoms with E-state index in [0.29, 0.717) is 11.4 Å². The molecule has 0 aliphatic carbocycles. The number of rotatable bonds is 6. The highest BCUT2D eigenvalue weighted by atomic mass is 19.1. The molecule has 0 aliphatic heterocycles. The monoisotopic (exact) mass is 341 g/mol. The molecular weight excluding hydrogens is 325 g/mol. The summed E-state index contributed by atoms with van der Waals surface area (Å²) in [4.78, 5) is 16.2. The van der Waals surface area contributed by atoms with E-state index in [4.69, 9.17) is 9.26 Å². The van der Waals surface area contributed by atoms with Gasteiger partial charge in [-0.25, -0.2) is 4.39 Å². The molecule has 0 saturated carbocycles. The molecule has 1 heterocycles. The number of nitrogens with one attached hydrogen (secondary N) is 1. The van der Waals surface area contributed by atoms with Gasteiger partial charge in [-0.3, -0.25) is 4.79 Å². The number of benzene rings is 2. The Hall–Kier alpha value is -3.22. The van der Waals surface area contributed by atoms with Gasteiger partial charge in [0, 0.05) is 5.56 Å².